The number of ether oxygens (including phenoxy) is 3. The van der Waals surface area contributed by atoms with Crippen molar-refractivity contribution in [3.05, 3.63) is 36.0 Å². The fraction of sp³-hybridized carbons (Fsp3) is 0.771. The van der Waals surface area contributed by atoms with Gasteiger partial charge in [0.2, 0.25) is 0 Å². The third-order valence-corrected chi connectivity index (χ3v) is 10.2. The summed E-state index contributed by atoms with van der Waals surface area (Å²) < 4.78 is 17.9. The first kappa shape index (κ1) is 37.2. The molecule has 256 valence electrons. The minimum atomic E-state index is -0.956. The maximum absolute atomic E-state index is 12.9. The first-order chi connectivity index (χ1) is 21.2. The average Bonchev–Trinajstić information content (AvgIpc) is 3.75. The molecule has 1 amide bonds. The van der Waals surface area contributed by atoms with Crippen molar-refractivity contribution in [1.82, 2.24) is 9.80 Å². The number of allylic oxidation sites excluding steroid dienone is 3. The minimum Gasteiger partial charge on any atom is -0.465 e. The van der Waals surface area contributed by atoms with Gasteiger partial charge in [-0.3, -0.25) is 4.79 Å². The van der Waals surface area contributed by atoms with Crippen molar-refractivity contribution in [2.24, 2.45) is 23.7 Å². The molecular formula is C35H58N2O8. The van der Waals surface area contributed by atoms with E-state index in [1.807, 2.05) is 66.0 Å². The number of hydrogen-bond acceptors (Lipinski definition) is 8. The molecule has 0 bridgehead atoms. The molecule has 11 atom stereocenters. The van der Waals surface area contributed by atoms with Crippen LogP contribution in [0, 0.1) is 23.7 Å². The molecule has 2 saturated heterocycles. The van der Waals surface area contributed by atoms with Crippen LogP contribution in [0.4, 0.5) is 4.79 Å². The number of piperazine rings is 1. The van der Waals surface area contributed by atoms with Crippen molar-refractivity contribution >= 4 is 12.1 Å². The average molecular weight is 635 g/mol. The van der Waals surface area contributed by atoms with E-state index in [0.717, 1.165) is 18.4 Å². The molecule has 3 heterocycles. The highest BCUT2D eigenvalue weighted by Gasteiger charge is 2.46. The van der Waals surface area contributed by atoms with E-state index in [9.17, 15) is 24.9 Å². The molecule has 10 nitrogen and oxygen atoms in total. The van der Waals surface area contributed by atoms with Gasteiger partial charge in [0, 0.05) is 44.5 Å². The number of nitrogens with zero attached hydrogens (tertiary/aromatic N) is 2. The first-order valence-corrected chi connectivity index (χ1v) is 16.7. The summed E-state index contributed by atoms with van der Waals surface area (Å²) in [5.41, 5.74) is 0.0960. The molecule has 0 spiro atoms. The molecule has 3 rings (SSSR count). The van der Waals surface area contributed by atoms with Gasteiger partial charge in [-0.05, 0) is 58.1 Å². The Morgan fingerprint density at radius 2 is 1.98 bits per heavy atom. The van der Waals surface area contributed by atoms with Crippen LogP contribution in [0.1, 0.15) is 73.6 Å². The molecule has 3 N–H and O–H groups in total. The van der Waals surface area contributed by atoms with Gasteiger partial charge in [-0.15, -0.1) is 0 Å². The van der Waals surface area contributed by atoms with Crippen LogP contribution in [0.5, 0.6) is 0 Å². The molecule has 0 aliphatic carbocycles. The van der Waals surface area contributed by atoms with Crippen molar-refractivity contribution in [1.29, 1.82) is 0 Å². The van der Waals surface area contributed by atoms with Gasteiger partial charge in [0.05, 0.1) is 42.5 Å². The van der Waals surface area contributed by atoms with Gasteiger partial charge < -0.3 is 39.3 Å². The maximum Gasteiger partial charge on any atom is 0.407 e. The number of carbonyl (C=O) groups excluding carboxylic acids is 1. The number of aliphatic hydroxyl groups excluding tert-OH is 2. The van der Waals surface area contributed by atoms with E-state index in [4.69, 9.17) is 14.2 Å². The Labute approximate surface area is 270 Å². The van der Waals surface area contributed by atoms with E-state index in [-0.39, 0.29) is 54.4 Å². The zero-order chi connectivity index (χ0) is 33.5. The van der Waals surface area contributed by atoms with Crippen LogP contribution in [-0.4, -0.2) is 113 Å². The van der Waals surface area contributed by atoms with Crippen molar-refractivity contribution in [3.8, 4) is 0 Å². The highest BCUT2D eigenvalue weighted by Crippen LogP contribution is 2.38. The van der Waals surface area contributed by atoms with E-state index in [0.29, 0.717) is 32.5 Å². The highest BCUT2D eigenvalue weighted by molar-refractivity contribution is 5.70. The number of aliphatic hydroxyl groups is 2. The van der Waals surface area contributed by atoms with Gasteiger partial charge in [0.15, 0.2) is 0 Å². The number of rotatable bonds is 10. The van der Waals surface area contributed by atoms with Crippen molar-refractivity contribution in [3.63, 3.8) is 0 Å². The molecule has 2 fully saturated rings. The summed E-state index contributed by atoms with van der Waals surface area (Å²) in [6.07, 6.45) is 9.85. The predicted octanol–water partition coefficient (Wildman–Crippen LogP) is 4.65. The van der Waals surface area contributed by atoms with Gasteiger partial charge in [-0.2, -0.15) is 0 Å². The Morgan fingerprint density at radius 3 is 2.62 bits per heavy atom. The highest BCUT2D eigenvalue weighted by atomic mass is 16.6. The van der Waals surface area contributed by atoms with Crippen LogP contribution in [-0.2, 0) is 19.0 Å². The number of methoxy groups -OCH3 is 1. The van der Waals surface area contributed by atoms with Crippen molar-refractivity contribution in [2.75, 3.05) is 33.8 Å². The summed E-state index contributed by atoms with van der Waals surface area (Å²) in [6.45, 7) is 13.7. The zero-order valence-electron chi connectivity index (χ0n) is 28.6. The van der Waals surface area contributed by atoms with Crippen molar-refractivity contribution < 1.29 is 39.1 Å². The van der Waals surface area contributed by atoms with Gasteiger partial charge in [-0.1, -0.05) is 58.1 Å². The lowest BCUT2D eigenvalue weighted by Gasteiger charge is -2.47. The molecule has 0 saturated carbocycles. The van der Waals surface area contributed by atoms with Crippen LogP contribution in [0.3, 0.4) is 0 Å². The summed E-state index contributed by atoms with van der Waals surface area (Å²) >= 11 is 0. The molecule has 3 aliphatic heterocycles. The molecule has 0 radical (unpaired) electrons. The standard InChI is InChI=1S/C35H58N2O8/c1-9-29(39)25(5)33-30(44-33)19-22(2)11-10-12-23(3)32-24(4)13-14-27(28-21-36(7)17-18-37(28)34(41)42)35(6,43-8)16-15-26(38)20-31(40)45-32/h10-14,22,24-30,32-33,38-39H,9,15-21H2,1-8H3,(H,41,42)/b11-10+,14-13+,23-12+/t22-,24-,25+,26-,27-,28?,29+,30+,32+,33+,35-/m0/s1. The summed E-state index contributed by atoms with van der Waals surface area (Å²) in [5.74, 6) is -0.593. The quantitative estimate of drug-likeness (QED) is 0.136. The number of carbonyl (C=O) groups is 2. The number of amides is 1. The Balaban J connectivity index is 1.82. The molecule has 0 aromatic carbocycles. The van der Waals surface area contributed by atoms with Crippen LogP contribution in [0.15, 0.2) is 36.0 Å². The topological polar surface area (TPSA) is 132 Å². The van der Waals surface area contributed by atoms with E-state index in [1.165, 1.54) is 4.90 Å². The van der Waals surface area contributed by atoms with Gasteiger partial charge in [0.25, 0.3) is 0 Å². The van der Waals surface area contributed by atoms with E-state index in [1.54, 1.807) is 7.11 Å². The third kappa shape index (κ3) is 10.1. The Bertz CT molecular complexity index is 1080. The lowest BCUT2D eigenvalue weighted by molar-refractivity contribution is -0.151. The second-order valence-electron chi connectivity index (χ2n) is 13.9. The molecule has 0 aromatic rings. The number of cyclic esters (lactones) is 1. The summed E-state index contributed by atoms with van der Waals surface area (Å²) in [4.78, 5) is 28.9. The zero-order valence-corrected chi connectivity index (χ0v) is 28.6. The van der Waals surface area contributed by atoms with Crippen LogP contribution < -0.4 is 0 Å². The number of likely N-dealkylation sites (N-methyl/N-ethyl adjacent to an activating group) is 1. The van der Waals surface area contributed by atoms with E-state index < -0.39 is 29.9 Å². The number of esters is 1. The largest absolute Gasteiger partial charge is 0.465 e. The van der Waals surface area contributed by atoms with Gasteiger partial charge in [-0.25, -0.2) is 4.79 Å². The second-order valence-corrected chi connectivity index (χ2v) is 13.9. The SMILES string of the molecule is CC[C@@H](O)[C@@H](C)[C@H]1O[C@@H]1C[C@@H](C)/C=C/C=C(\C)[C@H]1OC(=O)C[C@@H](O)CC[C@](C)(OC)[C@H](C2CN(C)CCN2C(=O)O)/C=C/[C@@H]1C. The molecule has 45 heavy (non-hydrogen) atoms. The monoisotopic (exact) mass is 634 g/mol. The number of hydrogen-bond donors (Lipinski definition) is 3. The number of carboxylic acid groups (broad SMARTS) is 1. The molecular weight excluding hydrogens is 576 g/mol. The summed E-state index contributed by atoms with van der Waals surface area (Å²) in [7, 11) is 3.62. The van der Waals surface area contributed by atoms with Crippen LogP contribution in [0.2, 0.25) is 0 Å². The Hall–Kier alpha value is -2.24. The van der Waals surface area contributed by atoms with Gasteiger partial charge in [0.1, 0.15) is 6.10 Å². The van der Waals surface area contributed by atoms with Crippen LogP contribution >= 0.6 is 0 Å². The van der Waals surface area contributed by atoms with Crippen molar-refractivity contribution in [2.45, 2.75) is 116 Å². The summed E-state index contributed by atoms with van der Waals surface area (Å²) in [5, 5.41) is 31.0. The fourth-order valence-corrected chi connectivity index (χ4v) is 6.93. The first-order valence-electron chi connectivity index (χ1n) is 16.7. The molecule has 3 aliphatic rings. The lowest BCUT2D eigenvalue weighted by atomic mass is 9.77. The lowest BCUT2D eigenvalue weighted by Crippen LogP contribution is -2.60. The van der Waals surface area contributed by atoms with E-state index in [2.05, 4.69) is 17.9 Å². The third-order valence-electron chi connectivity index (χ3n) is 10.2. The fourth-order valence-electron chi connectivity index (χ4n) is 6.93. The molecule has 10 heteroatoms. The maximum atomic E-state index is 12.9. The molecule has 0 aromatic heterocycles. The smallest absolute Gasteiger partial charge is 0.407 e. The van der Waals surface area contributed by atoms with E-state index >= 15 is 0 Å². The Kier molecular flexibility index (Phi) is 13.7. The van der Waals surface area contributed by atoms with Gasteiger partial charge >= 0.3 is 12.1 Å². The minimum absolute atomic E-state index is 0.104. The predicted molar refractivity (Wildman–Crippen MR) is 174 cm³/mol. The second kappa shape index (κ2) is 16.5. The summed E-state index contributed by atoms with van der Waals surface area (Å²) in [6, 6.07) is -0.347. The number of epoxide rings is 1. The Morgan fingerprint density at radius 1 is 1.27 bits per heavy atom. The van der Waals surface area contributed by atoms with Crippen LogP contribution in [0.25, 0.3) is 0 Å². The normalized spacial score (nSPS) is 36.8. The molecule has 1 unspecified atom stereocenters.